The standard InChI is InChI=1S/C10H11FO2/c1-8(6-7-12)13-10-5-3-2-4-9(10)11/h2-5,7-8H,6H2,1H3. The van der Waals surface area contributed by atoms with Crippen LogP contribution in [0.5, 0.6) is 5.75 Å². The smallest absolute Gasteiger partial charge is 0.165 e. The van der Waals surface area contributed by atoms with Gasteiger partial charge in [-0.2, -0.15) is 0 Å². The van der Waals surface area contributed by atoms with Crippen LogP contribution < -0.4 is 4.74 Å². The normalized spacial score (nSPS) is 12.2. The summed E-state index contributed by atoms with van der Waals surface area (Å²) in [5.74, 6) is -0.211. The van der Waals surface area contributed by atoms with Crippen molar-refractivity contribution in [3.05, 3.63) is 30.1 Å². The highest BCUT2D eigenvalue weighted by atomic mass is 19.1. The highest BCUT2D eigenvalue weighted by molar-refractivity contribution is 5.50. The predicted molar refractivity (Wildman–Crippen MR) is 47.2 cm³/mol. The first kappa shape index (κ1) is 9.71. The van der Waals surface area contributed by atoms with E-state index in [0.29, 0.717) is 0 Å². The Morgan fingerprint density at radius 3 is 2.85 bits per heavy atom. The van der Waals surface area contributed by atoms with Crippen LogP contribution in [-0.4, -0.2) is 12.4 Å². The van der Waals surface area contributed by atoms with E-state index in [-0.39, 0.29) is 18.3 Å². The molecule has 0 spiro atoms. The van der Waals surface area contributed by atoms with Gasteiger partial charge in [0, 0.05) is 6.42 Å². The summed E-state index contributed by atoms with van der Waals surface area (Å²) in [6.07, 6.45) is 0.745. The lowest BCUT2D eigenvalue weighted by molar-refractivity contribution is -0.109. The number of carbonyl (C=O) groups excluding carboxylic acids is 1. The Labute approximate surface area is 76.3 Å². The van der Waals surface area contributed by atoms with Crippen molar-refractivity contribution in [1.82, 2.24) is 0 Å². The molecule has 2 nitrogen and oxygen atoms in total. The van der Waals surface area contributed by atoms with E-state index in [9.17, 15) is 9.18 Å². The van der Waals surface area contributed by atoms with Crippen molar-refractivity contribution in [3.63, 3.8) is 0 Å². The number of benzene rings is 1. The van der Waals surface area contributed by atoms with E-state index in [1.807, 2.05) is 0 Å². The molecule has 1 aromatic rings. The maximum Gasteiger partial charge on any atom is 0.165 e. The summed E-state index contributed by atoms with van der Waals surface area (Å²) < 4.78 is 18.2. The molecule has 0 amide bonds. The molecule has 0 saturated carbocycles. The molecule has 0 radical (unpaired) electrons. The molecule has 70 valence electrons. The quantitative estimate of drug-likeness (QED) is 0.667. The maximum absolute atomic E-state index is 13.0. The summed E-state index contributed by atoms with van der Waals surface area (Å²) in [6.45, 7) is 1.72. The fourth-order valence-electron chi connectivity index (χ4n) is 0.941. The zero-order valence-corrected chi connectivity index (χ0v) is 7.37. The molecule has 0 N–H and O–H groups in total. The maximum atomic E-state index is 13.0. The number of carbonyl (C=O) groups is 1. The molecule has 0 bridgehead atoms. The number of rotatable bonds is 4. The monoisotopic (exact) mass is 182 g/mol. The summed E-state index contributed by atoms with van der Waals surface area (Å²) in [4.78, 5) is 10.1. The molecule has 1 aromatic carbocycles. The van der Waals surface area contributed by atoms with Gasteiger partial charge in [0.2, 0.25) is 0 Å². The molecule has 1 unspecified atom stereocenters. The largest absolute Gasteiger partial charge is 0.487 e. The Hall–Kier alpha value is -1.38. The summed E-state index contributed by atoms with van der Waals surface area (Å²) in [5, 5.41) is 0. The van der Waals surface area contributed by atoms with Crippen molar-refractivity contribution >= 4 is 6.29 Å². The van der Waals surface area contributed by atoms with Crippen molar-refractivity contribution in [2.24, 2.45) is 0 Å². The van der Waals surface area contributed by atoms with Gasteiger partial charge in [0.1, 0.15) is 12.4 Å². The SMILES string of the molecule is CC(CC=O)Oc1ccccc1F. The van der Waals surface area contributed by atoms with Gasteiger partial charge in [0.15, 0.2) is 11.6 Å². The molecule has 0 saturated heterocycles. The number of hydrogen-bond acceptors (Lipinski definition) is 2. The third-order valence-electron chi connectivity index (χ3n) is 1.59. The molecule has 0 heterocycles. The summed E-state index contributed by atoms with van der Waals surface area (Å²) in [5.41, 5.74) is 0. The van der Waals surface area contributed by atoms with Crippen LogP contribution in [0.25, 0.3) is 0 Å². The third kappa shape index (κ3) is 2.86. The summed E-state index contributed by atoms with van der Waals surface area (Å²) in [7, 11) is 0. The van der Waals surface area contributed by atoms with Gasteiger partial charge >= 0.3 is 0 Å². The first-order chi connectivity index (χ1) is 6.24. The van der Waals surface area contributed by atoms with Gasteiger partial charge in [-0.15, -0.1) is 0 Å². The minimum Gasteiger partial charge on any atom is -0.487 e. The Balaban J connectivity index is 2.63. The van der Waals surface area contributed by atoms with Crippen LogP contribution in [0, 0.1) is 5.82 Å². The first-order valence-electron chi connectivity index (χ1n) is 4.09. The van der Waals surface area contributed by atoms with Crippen LogP contribution in [-0.2, 0) is 4.79 Å². The zero-order valence-electron chi connectivity index (χ0n) is 7.37. The number of halogens is 1. The molecule has 3 heteroatoms. The zero-order chi connectivity index (χ0) is 9.68. The average molecular weight is 182 g/mol. The van der Waals surface area contributed by atoms with Gasteiger partial charge in [0.25, 0.3) is 0 Å². The topological polar surface area (TPSA) is 26.3 Å². The van der Waals surface area contributed by atoms with E-state index in [0.717, 1.165) is 6.29 Å². The Kier molecular flexibility index (Phi) is 3.43. The van der Waals surface area contributed by atoms with Gasteiger partial charge in [-0.25, -0.2) is 4.39 Å². The second-order valence-electron chi connectivity index (χ2n) is 2.76. The van der Waals surface area contributed by atoms with Crippen LogP contribution in [0.15, 0.2) is 24.3 Å². The summed E-state index contributed by atoms with van der Waals surface area (Å²) >= 11 is 0. The van der Waals surface area contributed by atoms with Crippen LogP contribution in [0.4, 0.5) is 4.39 Å². The van der Waals surface area contributed by atoms with Crippen LogP contribution >= 0.6 is 0 Å². The van der Waals surface area contributed by atoms with Crippen LogP contribution in [0.2, 0.25) is 0 Å². The van der Waals surface area contributed by atoms with Crippen molar-refractivity contribution in [3.8, 4) is 5.75 Å². The van der Waals surface area contributed by atoms with Gasteiger partial charge in [-0.05, 0) is 19.1 Å². The number of ether oxygens (including phenoxy) is 1. The van der Waals surface area contributed by atoms with E-state index >= 15 is 0 Å². The van der Waals surface area contributed by atoms with Crippen LogP contribution in [0.3, 0.4) is 0 Å². The Morgan fingerprint density at radius 1 is 1.54 bits per heavy atom. The molecule has 0 aliphatic carbocycles. The average Bonchev–Trinajstić information content (AvgIpc) is 2.09. The van der Waals surface area contributed by atoms with Crippen molar-refractivity contribution in [2.75, 3.05) is 0 Å². The van der Waals surface area contributed by atoms with Gasteiger partial charge in [0.05, 0.1) is 0 Å². The molecule has 0 fully saturated rings. The molecule has 0 aliphatic heterocycles. The second-order valence-corrected chi connectivity index (χ2v) is 2.76. The van der Waals surface area contributed by atoms with Crippen molar-refractivity contribution in [2.45, 2.75) is 19.4 Å². The minimum atomic E-state index is -0.403. The molecule has 0 aliphatic rings. The fraction of sp³-hybridized carbons (Fsp3) is 0.300. The highest BCUT2D eigenvalue weighted by Crippen LogP contribution is 2.17. The second kappa shape index (κ2) is 4.60. The Morgan fingerprint density at radius 2 is 2.23 bits per heavy atom. The van der Waals surface area contributed by atoms with Gasteiger partial charge < -0.3 is 9.53 Å². The molecule has 1 rings (SSSR count). The van der Waals surface area contributed by atoms with E-state index in [1.165, 1.54) is 12.1 Å². The lowest BCUT2D eigenvalue weighted by atomic mass is 10.3. The van der Waals surface area contributed by atoms with Crippen molar-refractivity contribution < 1.29 is 13.9 Å². The number of para-hydroxylation sites is 1. The van der Waals surface area contributed by atoms with E-state index in [2.05, 4.69) is 0 Å². The Bertz CT molecular complexity index is 286. The predicted octanol–water partition coefficient (Wildman–Crippen LogP) is 2.18. The molecule has 1 atom stereocenters. The third-order valence-corrected chi connectivity index (χ3v) is 1.59. The molecular formula is C10H11FO2. The number of aldehydes is 1. The van der Waals surface area contributed by atoms with Crippen molar-refractivity contribution in [1.29, 1.82) is 0 Å². The minimum absolute atomic E-state index is 0.192. The summed E-state index contributed by atoms with van der Waals surface area (Å²) in [6, 6.07) is 6.14. The molecular weight excluding hydrogens is 171 g/mol. The van der Waals surface area contributed by atoms with E-state index in [4.69, 9.17) is 4.74 Å². The number of hydrogen-bond donors (Lipinski definition) is 0. The molecule has 0 aromatic heterocycles. The highest BCUT2D eigenvalue weighted by Gasteiger charge is 2.06. The lowest BCUT2D eigenvalue weighted by Crippen LogP contribution is -2.12. The molecule has 13 heavy (non-hydrogen) atoms. The fourth-order valence-corrected chi connectivity index (χ4v) is 0.941. The van der Waals surface area contributed by atoms with Gasteiger partial charge in [-0.1, -0.05) is 12.1 Å². The van der Waals surface area contributed by atoms with E-state index in [1.54, 1.807) is 19.1 Å². The van der Waals surface area contributed by atoms with E-state index < -0.39 is 5.82 Å². The lowest BCUT2D eigenvalue weighted by Gasteiger charge is -2.11. The van der Waals surface area contributed by atoms with Crippen LogP contribution in [0.1, 0.15) is 13.3 Å². The van der Waals surface area contributed by atoms with Gasteiger partial charge in [-0.3, -0.25) is 0 Å². The first-order valence-corrected chi connectivity index (χ1v) is 4.09.